The lowest BCUT2D eigenvalue weighted by atomic mass is 9.78. The van der Waals surface area contributed by atoms with E-state index in [0.29, 0.717) is 6.54 Å². The molecule has 0 unspecified atom stereocenters. The standard InChI is InChI=1S/C21H21NO4/c1-25-19(23)13-18(21(24)26-2)22-14-17(15-9-5-3-6-10-15)20(22)16-11-7-4-8-12-16/h3-13,17,20H,14H2,1-2H3/b18-13+/t17-,20-/m1/s1. The van der Waals surface area contributed by atoms with Gasteiger partial charge in [-0.15, -0.1) is 0 Å². The highest BCUT2D eigenvalue weighted by Crippen LogP contribution is 2.47. The first-order valence-corrected chi connectivity index (χ1v) is 8.40. The van der Waals surface area contributed by atoms with Crippen molar-refractivity contribution in [2.75, 3.05) is 20.8 Å². The number of carbonyl (C=O) groups excluding carboxylic acids is 2. The van der Waals surface area contributed by atoms with Gasteiger partial charge < -0.3 is 14.4 Å². The fourth-order valence-corrected chi connectivity index (χ4v) is 3.34. The largest absolute Gasteiger partial charge is 0.466 e. The highest BCUT2D eigenvalue weighted by molar-refractivity contribution is 5.96. The molecule has 1 fully saturated rings. The van der Waals surface area contributed by atoms with E-state index in [1.165, 1.54) is 25.9 Å². The third-order valence-corrected chi connectivity index (χ3v) is 4.64. The number of carbonyl (C=O) groups is 2. The van der Waals surface area contributed by atoms with Crippen LogP contribution in [0.4, 0.5) is 0 Å². The maximum absolute atomic E-state index is 12.3. The SMILES string of the molecule is COC(=O)/C=C(\C(=O)OC)N1C[C@H](c2ccccc2)[C@H]1c1ccccc1. The minimum atomic E-state index is -0.583. The van der Waals surface area contributed by atoms with Crippen molar-refractivity contribution in [2.45, 2.75) is 12.0 Å². The van der Waals surface area contributed by atoms with Gasteiger partial charge in [-0.1, -0.05) is 60.7 Å². The van der Waals surface area contributed by atoms with Gasteiger partial charge in [0.2, 0.25) is 0 Å². The summed E-state index contributed by atoms with van der Waals surface area (Å²) in [6.07, 6.45) is 1.20. The molecule has 1 aliphatic heterocycles. The molecule has 5 heteroatoms. The highest BCUT2D eigenvalue weighted by Gasteiger charge is 2.43. The second kappa shape index (κ2) is 7.87. The Morgan fingerprint density at radius 3 is 2.04 bits per heavy atom. The smallest absolute Gasteiger partial charge is 0.354 e. The molecule has 0 radical (unpaired) electrons. The molecule has 0 spiro atoms. The van der Waals surface area contributed by atoms with Crippen LogP contribution in [0.5, 0.6) is 0 Å². The third-order valence-electron chi connectivity index (χ3n) is 4.64. The Morgan fingerprint density at radius 1 is 0.923 bits per heavy atom. The van der Waals surface area contributed by atoms with E-state index in [2.05, 4.69) is 12.1 Å². The predicted octanol–water partition coefficient (Wildman–Crippen LogP) is 3.06. The normalized spacial score (nSPS) is 19.5. The monoisotopic (exact) mass is 351 g/mol. The van der Waals surface area contributed by atoms with Crippen LogP contribution in [0.1, 0.15) is 23.1 Å². The minimum absolute atomic E-state index is 0.0615. The molecular formula is C21H21NO4. The molecule has 1 heterocycles. The fraction of sp³-hybridized carbons (Fsp3) is 0.238. The highest BCUT2D eigenvalue weighted by atomic mass is 16.5. The van der Waals surface area contributed by atoms with Crippen LogP contribution in [0.15, 0.2) is 72.4 Å². The number of hydrogen-bond donors (Lipinski definition) is 0. The van der Waals surface area contributed by atoms with Crippen molar-refractivity contribution in [3.05, 3.63) is 83.6 Å². The Hall–Kier alpha value is -3.08. The molecule has 1 saturated heterocycles. The summed E-state index contributed by atoms with van der Waals surface area (Å²) >= 11 is 0. The quantitative estimate of drug-likeness (QED) is 0.612. The topological polar surface area (TPSA) is 55.8 Å². The first-order valence-electron chi connectivity index (χ1n) is 8.40. The van der Waals surface area contributed by atoms with Gasteiger partial charge in [-0.3, -0.25) is 0 Å². The average Bonchev–Trinajstić information content (AvgIpc) is 2.67. The first-order chi connectivity index (χ1) is 12.7. The molecule has 0 N–H and O–H groups in total. The Labute approximate surface area is 152 Å². The molecule has 2 aromatic rings. The Balaban J connectivity index is 1.99. The second-order valence-electron chi connectivity index (χ2n) is 6.07. The van der Waals surface area contributed by atoms with Gasteiger partial charge in [0, 0.05) is 12.5 Å². The zero-order valence-corrected chi connectivity index (χ0v) is 14.8. The summed E-state index contributed by atoms with van der Waals surface area (Å²) in [5, 5.41) is 0. The summed E-state index contributed by atoms with van der Waals surface area (Å²) in [6, 6.07) is 20.0. The molecule has 0 saturated carbocycles. The summed E-state index contributed by atoms with van der Waals surface area (Å²) in [4.78, 5) is 25.9. The summed E-state index contributed by atoms with van der Waals surface area (Å²) in [5.41, 5.74) is 2.48. The third kappa shape index (κ3) is 3.47. The van der Waals surface area contributed by atoms with Crippen LogP contribution in [0.25, 0.3) is 0 Å². The molecule has 134 valence electrons. The second-order valence-corrected chi connectivity index (χ2v) is 6.07. The number of likely N-dealkylation sites (tertiary alicyclic amines) is 1. The summed E-state index contributed by atoms with van der Waals surface area (Å²) in [6.45, 7) is 0.613. The molecule has 1 aliphatic rings. The molecule has 2 aromatic carbocycles. The van der Waals surface area contributed by atoms with Gasteiger partial charge in [-0.2, -0.15) is 0 Å². The lowest BCUT2D eigenvalue weighted by Gasteiger charge is -2.50. The lowest BCUT2D eigenvalue weighted by Crippen LogP contribution is -2.49. The van der Waals surface area contributed by atoms with Crippen molar-refractivity contribution in [3.63, 3.8) is 0 Å². The first kappa shape index (κ1) is 17.7. The Morgan fingerprint density at radius 2 is 1.50 bits per heavy atom. The van der Waals surface area contributed by atoms with Gasteiger partial charge in [0.15, 0.2) is 0 Å². The van der Waals surface area contributed by atoms with Crippen LogP contribution in [0, 0.1) is 0 Å². The zero-order valence-electron chi connectivity index (χ0n) is 14.8. The predicted molar refractivity (Wildman–Crippen MR) is 97.2 cm³/mol. The molecular weight excluding hydrogens is 330 g/mol. The van der Waals surface area contributed by atoms with Crippen molar-refractivity contribution in [3.8, 4) is 0 Å². The molecule has 0 aromatic heterocycles. The van der Waals surface area contributed by atoms with Gasteiger partial charge in [0.25, 0.3) is 0 Å². The number of nitrogens with zero attached hydrogens (tertiary/aromatic N) is 1. The van der Waals surface area contributed by atoms with Gasteiger partial charge >= 0.3 is 11.9 Å². The Kier molecular flexibility index (Phi) is 5.37. The van der Waals surface area contributed by atoms with Crippen LogP contribution < -0.4 is 0 Å². The van der Waals surface area contributed by atoms with Crippen molar-refractivity contribution in [1.82, 2.24) is 4.90 Å². The van der Waals surface area contributed by atoms with Gasteiger partial charge in [-0.05, 0) is 11.1 Å². The van der Waals surface area contributed by atoms with Crippen molar-refractivity contribution in [1.29, 1.82) is 0 Å². The van der Waals surface area contributed by atoms with E-state index < -0.39 is 11.9 Å². The number of benzene rings is 2. The maximum atomic E-state index is 12.3. The number of esters is 2. The van der Waals surface area contributed by atoms with Crippen LogP contribution in [-0.2, 0) is 19.1 Å². The van der Waals surface area contributed by atoms with Crippen LogP contribution in [-0.4, -0.2) is 37.6 Å². The average molecular weight is 351 g/mol. The number of ether oxygens (including phenoxy) is 2. The molecule has 2 atom stereocenters. The van der Waals surface area contributed by atoms with Crippen molar-refractivity contribution in [2.24, 2.45) is 0 Å². The maximum Gasteiger partial charge on any atom is 0.354 e. The number of hydrogen-bond acceptors (Lipinski definition) is 5. The van der Waals surface area contributed by atoms with E-state index >= 15 is 0 Å². The van der Waals surface area contributed by atoms with Gasteiger partial charge in [-0.25, -0.2) is 9.59 Å². The summed E-state index contributed by atoms with van der Waals surface area (Å²) in [5.74, 6) is -0.924. The van der Waals surface area contributed by atoms with E-state index in [-0.39, 0.29) is 17.7 Å². The molecule has 5 nitrogen and oxygen atoms in total. The summed E-state index contributed by atoms with van der Waals surface area (Å²) in [7, 11) is 2.59. The van der Waals surface area contributed by atoms with E-state index in [4.69, 9.17) is 9.47 Å². The van der Waals surface area contributed by atoms with Crippen LogP contribution in [0.3, 0.4) is 0 Å². The Bertz CT molecular complexity index is 801. The molecule has 0 aliphatic carbocycles. The molecule has 0 bridgehead atoms. The van der Waals surface area contributed by atoms with Crippen LogP contribution in [0.2, 0.25) is 0 Å². The molecule has 0 amide bonds. The zero-order chi connectivity index (χ0) is 18.5. The lowest BCUT2D eigenvalue weighted by molar-refractivity contribution is -0.141. The molecule has 26 heavy (non-hydrogen) atoms. The van der Waals surface area contributed by atoms with Gasteiger partial charge in [0.1, 0.15) is 5.70 Å². The van der Waals surface area contributed by atoms with E-state index in [1.54, 1.807) is 0 Å². The summed E-state index contributed by atoms with van der Waals surface area (Å²) < 4.78 is 9.58. The number of methoxy groups -OCH3 is 2. The van der Waals surface area contributed by atoms with Crippen molar-refractivity contribution < 1.29 is 19.1 Å². The fourth-order valence-electron chi connectivity index (χ4n) is 3.34. The van der Waals surface area contributed by atoms with Crippen LogP contribution >= 0.6 is 0 Å². The van der Waals surface area contributed by atoms with E-state index in [1.807, 2.05) is 53.4 Å². The molecule has 3 rings (SSSR count). The number of rotatable bonds is 5. The minimum Gasteiger partial charge on any atom is -0.466 e. The van der Waals surface area contributed by atoms with Gasteiger partial charge in [0.05, 0.1) is 26.3 Å². The van der Waals surface area contributed by atoms with E-state index in [0.717, 1.165) is 5.56 Å². The van der Waals surface area contributed by atoms with E-state index in [9.17, 15) is 9.59 Å². The van der Waals surface area contributed by atoms with Crippen molar-refractivity contribution >= 4 is 11.9 Å².